The van der Waals surface area contributed by atoms with Crippen molar-refractivity contribution in [2.24, 2.45) is 0 Å². The van der Waals surface area contributed by atoms with Crippen molar-refractivity contribution in [1.82, 2.24) is 15.5 Å². The number of aliphatic hydroxyl groups is 1. The van der Waals surface area contributed by atoms with E-state index in [1.807, 2.05) is 27.7 Å². The minimum absolute atomic E-state index is 0.0197. The highest BCUT2D eigenvalue weighted by Gasteiger charge is 2.47. The zero-order valence-electron chi connectivity index (χ0n) is 24.4. The number of hydrogen-bond acceptors (Lipinski definition) is 6. The largest absolute Gasteiger partial charge is 0.487 e. The number of hydrogen-bond donors (Lipinski definition) is 4. The molecule has 3 aliphatic heterocycles. The lowest BCUT2D eigenvalue weighted by Crippen LogP contribution is -2.61. The molecular weight excluding hydrogens is 527 g/mol. The molecule has 0 spiro atoms. The Hall–Kier alpha value is -3.66. The highest BCUT2D eigenvalue weighted by molar-refractivity contribution is 6.00. The summed E-state index contributed by atoms with van der Waals surface area (Å²) in [6.07, 6.45) is 0.964. The molecule has 1 saturated heterocycles. The molecule has 2 aromatic rings. The van der Waals surface area contributed by atoms with Crippen molar-refractivity contribution in [3.63, 3.8) is 0 Å². The van der Waals surface area contributed by atoms with Crippen molar-refractivity contribution in [2.75, 3.05) is 0 Å². The molecule has 3 heterocycles. The average molecular weight is 567 g/mol. The van der Waals surface area contributed by atoms with Crippen molar-refractivity contribution < 1.29 is 28.6 Å². The lowest BCUT2D eigenvalue weighted by Gasteiger charge is -2.48. The number of nitrogens with one attached hydrogen (secondary N) is 3. The van der Waals surface area contributed by atoms with Gasteiger partial charge in [-0.3, -0.25) is 19.9 Å². The monoisotopic (exact) mass is 566 g/mol. The Labute approximate surface area is 239 Å². The van der Waals surface area contributed by atoms with Crippen LogP contribution in [-0.4, -0.2) is 50.6 Å². The van der Waals surface area contributed by atoms with Crippen LogP contribution in [0, 0.1) is 11.2 Å². The highest BCUT2D eigenvalue weighted by atomic mass is 19.1. The van der Waals surface area contributed by atoms with E-state index in [1.165, 1.54) is 23.1 Å². The molecule has 4 N–H and O–H groups in total. The maximum Gasteiger partial charge on any atom is 0.251 e. The van der Waals surface area contributed by atoms with Gasteiger partial charge in [-0.05, 0) is 76.9 Å². The Morgan fingerprint density at radius 1 is 1.10 bits per heavy atom. The smallest absolute Gasteiger partial charge is 0.251 e. The number of benzene rings is 2. The molecule has 3 atom stereocenters. The fourth-order valence-corrected chi connectivity index (χ4v) is 6.19. The molecule has 10 heteroatoms. The Morgan fingerprint density at radius 3 is 2.41 bits per heavy atom. The van der Waals surface area contributed by atoms with E-state index in [2.05, 4.69) is 10.6 Å². The van der Waals surface area contributed by atoms with Gasteiger partial charge in [0.2, 0.25) is 5.91 Å². The summed E-state index contributed by atoms with van der Waals surface area (Å²) in [6, 6.07) is 7.64. The molecule has 220 valence electrons. The molecule has 5 rings (SSSR count). The summed E-state index contributed by atoms with van der Waals surface area (Å²) < 4.78 is 26.5. The van der Waals surface area contributed by atoms with Gasteiger partial charge < -0.3 is 25.2 Å². The van der Waals surface area contributed by atoms with Crippen LogP contribution in [0.2, 0.25) is 0 Å². The third-order valence-corrected chi connectivity index (χ3v) is 8.68. The van der Waals surface area contributed by atoms with Crippen molar-refractivity contribution in [2.45, 2.75) is 102 Å². The number of amides is 2. The summed E-state index contributed by atoms with van der Waals surface area (Å²) in [6.45, 7) is 11.3. The lowest BCUT2D eigenvalue weighted by molar-refractivity contribution is -0.133. The Morgan fingerprint density at radius 2 is 1.76 bits per heavy atom. The second kappa shape index (κ2) is 10.0. The maximum absolute atomic E-state index is 14.2. The zero-order chi connectivity index (χ0) is 29.9. The average Bonchev–Trinajstić information content (AvgIpc) is 2.90. The Balaban J connectivity index is 1.51. The molecule has 3 aliphatic rings. The number of carbonyl (C=O) groups is 2. The Kier molecular flexibility index (Phi) is 7.04. The van der Waals surface area contributed by atoms with E-state index < -0.39 is 46.7 Å². The first-order valence-electron chi connectivity index (χ1n) is 14.2. The number of aliphatic hydroxyl groups excluding tert-OH is 1. The number of ether oxygens (including phenoxy) is 2. The Bertz CT molecular complexity index is 1380. The topological polar surface area (TPSA) is 124 Å². The van der Waals surface area contributed by atoms with Crippen LogP contribution in [0.3, 0.4) is 0 Å². The van der Waals surface area contributed by atoms with Crippen molar-refractivity contribution in [1.29, 1.82) is 5.41 Å². The minimum atomic E-state index is -1.15. The SMILES string of the molecule is CCC1(CC)C[C@@H](N2C(=N)NC(C)(C)CC2=O)c2cc(C(=O)N[C@H]3c4cc(F)ccc4OC(C)(C)[C@@H]3O)ccc2O1. The van der Waals surface area contributed by atoms with Crippen molar-refractivity contribution in [3.05, 3.63) is 58.9 Å². The van der Waals surface area contributed by atoms with Crippen LogP contribution in [0.4, 0.5) is 4.39 Å². The quantitative estimate of drug-likeness (QED) is 0.414. The summed E-state index contributed by atoms with van der Waals surface area (Å²) in [5.74, 6) is -0.186. The fourth-order valence-electron chi connectivity index (χ4n) is 6.19. The second-order valence-corrected chi connectivity index (χ2v) is 12.5. The maximum atomic E-state index is 14.2. The standard InChI is InChI=1S/C31H39FN4O5/c1-7-31(8-2)15-21(36-24(37)16-29(3,4)35-28(36)33)19-13-17(9-11-22(19)41-31)27(39)34-25-20-14-18(32)10-12-23(20)40-30(5,6)26(25)38/h9-14,21,25-26,38H,7-8,15-16H2,1-6H3,(H2,33,35)(H,34,39)/t21-,25+,26-/m1/s1. The number of nitrogens with zero attached hydrogens (tertiary/aromatic N) is 1. The molecule has 1 fully saturated rings. The van der Waals surface area contributed by atoms with Crippen LogP contribution >= 0.6 is 0 Å². The molecule has 0 saturated carbocycles. The van der Waals surface area contributed by atoms with Crippen LogP contribution in [-0.2, 0) is 4.79 Å². The van der Waals surface area contributed by atoms with Gasteiger partial charge in [-0.1, -0.05) is 13.8 Å². The summed E-state index contributed by atoms with van der Waals surface area (Å²) in [4.78, 5) is 28.5. The van der Waals surface area contributed by atoms with Gasteiger partial charge in [-0.2, -0.15) is 0 Å². The summed E-state index contributed by atoms with van der Waals surface area (Å²) in [5, 5.41) is 25.8. The van der Waals surface area contributed by atoms with E-state index in [9.17, 15) is 19.1 Å². The minimum Gasteiger partial charge on any atom is -0.487 e. The first-order valence-corrected chi connectivity index (χ1v) is 14.2. The second-order valence-electron chi connectivity index (χ2n) is 12.5. The van der Waals surface area contributed by atoms with Crippen molar-refractivity contribution >= 4 is 17.8 Å². The van der Waals surface area contributed by atoms with Gasteiger partial charge in [0.15, 0.2) is 5.96 Å². The fraction of sp³-hybridized carbons (Fsp3) is 0.516. The van der Waals surface area contributed by atoms with Gasteiger partial charge in [0.25, 0.3) is 5.91 Å². The van der Waals surface area contributed by atoms with Gasteiger partial charge in [-0.15, -0.1) is 0 Å². The summed E-state index contributed by atoms with van der Waals surface area (Å²) in [7, 11) is 0. The third-order valence-electron chi connectivity index (χ3n) is 8.68. The molecule has 0 radical (unpaired) electrons. The number of halogens is 1. The molecular formula is C31H39FN4O5. The normalized spacial score (nSPS) is 25.7. The molecule has 0 unspecified atom stereocenters. The molecule has 9 nitrogen and oxygen atoms in total. The summed E-state index contributed by atoms with van der Waals surface area (Å²) >= 11 is 0. The highest BCUT2D eigenvalue weighted by Crippen LogP contribution is 2.47. The van der Waals surface area contributed by atoms with Gasteiger partial charge in [0.1, 0.15) is 34.6 Å². The number of carbonyl (C=O) groups excluding carboxylic acids is 2. The molecule has 2 amide bonds. The van der Waals surface area contributed by atoms with E-state index in [1.54, 1.807) is 32.0 Å². The van der Waals surface area contributed by atoms with Gasteiger partial charge >= 0.3 is 0 Å². The van der Waals surface area contributed by atoms with Crippen LogP contribution < -0.4 is 20.1 Å². The van der Waals surface area contributed by atoms with Gasteiger partial charge in [0, 0.05) is 35.1 Å². The first kappa shape index (κ1) is 28.9. The predicted octanol–water partition coefficient (Wildman–Crippen LogP) is 4.75. The third kappa shape index (κ3) is 5.14. The van der Waals surface area contributed by atoms with Gasteiger partial charge in [-0.25, -0.2) is 4.39 Å². The van der Waals surface area contributed by atoms with E-state index in [0.717, 1.165) is 0 Å². The van der Waals surface area contributed by atoms with Crippen LogP contribution in [0.15, 0.2) is 36.4 Å². The van der Waals surface area contributed by atoms with Crippen molar-refractivity contribution in [3.8, 4) is 11.5 Å². The summed E-state index contributed by atoms with van der Waals surface area (Å²) in [5.41, 5.74) is -0.829. The van der Waals surface area contributed by atoms with Crippen LogP contribution in [0.1, 0.15) is 101 Å². The molecule has 0 aliphatic carbocycles. The predicted molar refractivity (Wildman–Crippen MR) is 151 cm³/mol. The molecule has 0 bridgehead atoms. The number of rotatable bonds is 5. The van der Waals surface area contributed by atoms with E-state index >= 15 is 0 Å². The molecule has 0 aromatic heterocycles. The van der Waals surface area contributed by atoms with E-state index in [0.29, 0.717) is 41.9 Å². The van der Waals surface area contributed by atoms with Crippen LogP contribution in [0.25, 0.3) is 0 Å². The number of fused-ring (bicyclic) bond motifs is 2. The molecule has 2 aromatic carbocycles. The molecule has 41 heavy (non-hydrogen) atoms. The van der Waals surface area contributed by atoms with E-state index in [4.69, 9.17) is 14.9 Å². The number of guanidine groups is 1. The first-order chi connectivity index (χ1) is 19.2. The zero-order valence-corrected chi connectivity index (χ0v) is 24.4. The lowest BCUT2D eigenvalue weighted by atomic mass is 9.81. The van der Waals surface area contributed by atoms with Crippen LogP contribution in [0.5, 0.6) is 11.5 Å². The van der Waals surface area contributed by atoms with E-state index in [-0.39, 0.29) is 23.9 Å². The van der Waals surface area contributed by atoms with Gasteiger partial charge in [0.05, 0.1) is 12.1 Å².